The fourth-order valence-corrected chi connectivity index (χ4v) is 2.70. The number of halogens is 3. The Hall–Kier alpha value is -2.96. The molecule has 0 radical (unpaired) electrons. The molecule has 0 unspecified atom stereocenters. The maximum absolute atomic E-state index is 12.7. The smallest absolute Gasteiger partial charge is 0.416 e. The second kappa shape index (κ2) is 18.5. The van der Waals surface area contributed by atoms with Crippen molar-refractivity contribution in [3.8, 4) is 0 Å². The standard InChI is InChI=1S/C15H22F3N.C8H12O.C4H5NO/c1-3-5-10-19(11-6-4-2)14-9-7-8-13(12-14)15(16,17)18;1-4-6-8(9-3)7-5-2;1-4-2-5-3-6-4/h7-9,12H,3-6,10-11H2,1-2H3;4-7H,1H2,2-3H3;2-3H,1H3/b;7-5-,8-6+;. The Morgan fingerprint density at radius 2 is 1.82 bits per heavy atom. The van der Waals surface area contributed by atoms with Crippen molar-refractivity contribution < 1.29 is 22.3 Å². The number of allylic oxidation sites excluding steroid dienone is 4. The van der Waals surface area contributed by atoms with Crippen molar-refractivity contribution in [3.63, 3.8) is 0 Å². The third-order valence-electron chi connectivity index (χ3n) is 4.51. The number of oxazole rings is 1. The summed E-state index contributed by atoms with van der Waals surface area (Å²) in [5.41, 5.74) is 0.111. The van der Waals surface area contributed by atoms with Gasteiger partial charge in [-0.3, -0.25) is 0 Å². The molecule has 0 N–H and O–H groups in total. The fourth-order valence-electron chi connectivity index (χ4n) is 2.70. The molecule has 1 aromatic carbocycles. The number of ether oxygens (including phenoxy) is 1. The number of alkyl halides is 3. The maximum Gasteiger partial charge on any atom is 0.416 e. The lowest BCUT2D eigenvalue weighted by Crippen LogP contribution is -2.25. The summed E-state index contributed by atoms with van der Waals surface area (Å²) in [6.45, 7) is 13.1. The molecule has 4 nitrogen and oxygen atoms in total. The number of rotatable bonds is 10. The van der Waals surface area contributed by atoms with Gasteiger partial charge in [0, 0.05) is 18.8 Å². The van der Waals surface area contributed by atoms with Crippen LogP contribution in [0.15, 0.2) is 77.9 Å². The minimum atomic E-state index is -4.27. The van der Waals surface area contributed by atoms with Crippen LogP contribution in [0, 0.1) is 6.92 Å². The van der Waals surface area contributed by atoms with Gasteiger partial charge in [-0.2, -0.15) is 13.2 Å². The molecule has 0 atom stereocenters. The van der Waals surface area contributed by atoms with Gasteiger partial charge in [-0.15, -0.1) is 0 Å². The van der Waals surface area contributed by atoms with Gasteiger partial charge >= 0.3 is 6.18 Å². The van der Waals surface area contributed by atoms with E-state index in [0.29, 0.717) is 5.69 Å². The summed E-state index contributed by atoms with van der Waals surface area (Å²) in [5.74, 6) is 1.68. The molecule has 34 heavy (non-hydrogen) atoms. The molecular weight excluding hydrogens is 441 g/mol. The van der Waals surface area contributed by atoms with E-state index in [4.69, 9.17) is 9.15 Å². The van der Waals surface area contributed by atoms with Crippen LogP contribution in [0.5, 0.6) is 0 Å². The van der Waals surface area contributed by atoms with Gasteiger partial charge in [-0.1, -0.05) is 51.5 Å². The Morgan fingerprint density at radius 3 is 2.21 bits per heavy atom. The zero-order valence-electron chi connectivity index (χ0n) is 21.1. The number of unbranched alkanes of at least 4 members (excludes halogenated alkanes) is 2. The normalized spacial score (nSPS) is 11.2. The first-order valence-corrected chi connectivity index (χ1v) is 11.5. The summed E-state index contributed by atoms with van der Waals surface area (Å²) >= 11 is 0. The molecule has 0 bridgehead atoms. The van der Waals surface area contributed by atoms with Crippen molar-refractivity contribution in [2.75, 3.05) is 25.1 Å². The lowest BCUT2D eigenvalue weighted by molar-refractivity contribution is -0.137. The first kappa shape index (κ1) is 31.0. The molecule has 0 amide bonds. The van der Waals surface area contributed by atoms with E-state index in [2.05, 4.69) is 30.3 Å². The highest BCUT2D eigenvalue weighted by atomic mass is 19.4. The van der Waals surface area contributed by atoms with E-state index in [1.807, 2.05) is 26.0 Å². The first-order valence-electron chi connectivity index (χ1n) is 11.5. The maximum atomic E-state index is 12.7. The molecule has 2 rings (SSSR count). The van der Waals surface area contributed by atoms with Crippen molar-refractivity contribution in [2.45, 2.75) is 59.6 Å². The zero-order chi connectivity index (χ0) is 25.8. The summed E-state index contributed by atoms with van der Waals surface area (Å²) in [5, 5.41) is 0. The molecule has 0 aliphatic rings. The van der Waals surface area contributed by atoms with E-state index in [1.165, 1.54) is 18.5 Å². The summed E-state index contributed by atoms with van der Waals surface area (Å²) in [6.07, 6.45) is 10.2. The van der Waals surface area contributed by atoms with Crippen LogP contribution in [-0.2, 0) is 10.9 Å². The van der Waals surface area contributed by atoms with Gasteiger partial charge < -0.3 is 14.1 Å². The Kier molecular flexibility index (Phi) is 16.9. The second-order valence-corrected chi connectivity index (χ2v) is 7.36. The zero-order valence-corrected chi connectivity index (χ0v) is 21.1. The topological polar surface area (TPSA) is 38.5 Å². The van der Waals surface area contributed by atoms with Gasteiger partial charge in [-0.05, 0) is 57.0 Å². The predicted molar refractivity (Wildman–Crippen MR) is 135 cm³/mol. The van der Waals surface area contributed by atoms with Crippen LogP contribution < -0.4 is 4.90 Å². The van der Waals surface area contributed by atoms with Crippen molar-refractivity contribution in [2.24, 2.45) is 0 Å². The number of aryl methyl sites for hydroxylation is 1. The van der Waals surface area contributed by atoms with E-state index in [1.54, 1.807) is 31.5 Å². The number of hydrogen-bond donors (Lipinski definition) is 0. The Morgan fingerprint density at radius 1 is 1.18 bits per heavy atom. The molecule has 0 saturated carbocycles. The SMILES string of the molecule is C=C/C=C(\C=C/C)OC.CCCCN(CCCC)c1cccc(C(F)(F)F)c1.Cc1cnco1. The summed E-state index contributed by atoms with van der Waals surface area (Å²) < 4.78 is 47.8. The highest BCUT2D eigenvalue weighted by Gasteiger charge is 2.30. The van der Waals surface area contributed by atoms with E-state index in [9.17, 15) is 13.2 Å². The molecule has 2 aromatic rings. The van der Waals surface area contributed by atoms with Gasteiger partial charge in [0.05, 0.1) is 18.9 Å². The molecule has 0 saturated heterocycles. The van der Waals surface area contributed by atoms with Crippen molar-refractivity contribution in [1.29, 1.82) is 0 Å². The lowest BCUT2D eigenvalue weighted by atomic mass is 10.1. The molecule has 1 aromatic heterocycles. The fraction of sp³-hybridized carbons (Fsp3) is 0.444. The van der Waals surface area contributed by atoms with Gasteiger partial charge in [0.15, 0.2) is 6.39 Å². The van der Waals surface area contributed by atoms with Crippen LogP contribution >= 0.6 is 0 Å². The average Bonchev–Trinajstić information content (AvgIpc) is 3.30. The summed E-state index contributed by atoms with van der Waals surface area (Å²) in [6, 6.07) is 5.64. The Bertz CT molecular complexity index is 821. The number of hydrogen-bond acceptors (Lipinski definition) is 4. The van der Waals surface area contributed by atoms with E-state index >= 15 is 0 Å². The largest absolute Gasteiger partial charge is 0.497 e. The second-order valence-electron chi connectivity index (χ2n) is 7.36. The van der Waals surface area contributed by atoms with Crippen LogP contribution in [0.4, 0.5) is 18.9 Å². The molecule has 0 aliphatic carbocycles. The molecule has 0 aliphatic heterocycles. The molecule has 0 fully saturated rings. The van der Waals surface area contributed by atoms with Gasteiger partial charge in [0.2, 0.25) is 0 Å². The van der Waals surface area contributed by atoms with Crippen molar-refractivity contribution >= 4 is 5.69 Å². The lowest BCUT2D eigenvalue weighted by Gasteiger charge is -2.25. The van der Waals surface area contributed by atoms with E-state index in [-0.39, 0.29) is 0 Å². The minimum absolute atomic E-state index is 0.567. The van der Waals surface area contributed by atoms with Crippen molar-refractivity contribution in [3.05, 3.63) is 84.8 Å². The van der Waals surface area contributed by atoms with Crippen LogP contribution in [0.3, 0.4) is 0 Å². The highest BCUT2D eigenvalue weighted by molar-refractivity contribution is 5.49. The molecule has 7 heteroatoms. The van der Waals surface area contributed by atoms with E-state index < -0.39 is 11.7 Å². The first-order chi connectivity index (χ1) is 16.2. The third kappa shape index (κ3) is 14.2. The number of aromatic nitrogens is 1. The monoisotopic (exact) mass is 480 g/mol. The van der Waals surface area contributed by atoms with Gasteiger partial charge in [-0.25, -0.2) is 4.98 Å². The van der Waals surface area contributed by atoms with Gasteiger partial charge in [0.25, 0.3) is 0 Å². The Labute approximate surface area is 202 Å². The summed E-state index contributed by atoms with van der Waals surface area (Å²) in [7, 11) is 1.63. The Balaban J connectivity index is 0.000000594. The van der Waals surface area contributed by atoms with Crippen LogP contribution in [-0.4, -0.2) is 25.2 Å². The highest BCUT2D eigenvalue weighted by Crippen LogP contribution is 2.31. The van der Waals surface area contributed by atoms with E-state index in [0.717, 1.165) is 56.4 Å². The number of nitrogens with zero attached hydrogens (tertiary/aromatic N) is 2. The predicted octanol–water partition coefficient (Wildman–Crippen LogP) is 8.37. The number of benzene rings is 1. The molecule has 1 heterocycles. The third-order valence-corrected chi connectivity index (χ3v) is 4.51. The molecular formula is C27H39F3N2O2. The molecule has 190 valence electrons. The number of methoxy groups -OCH3 is 1. The van der Waals surface area contributed by atoms with Crippen LogP contribution in [0.25, 0.3) is 0 Å². The quantitative estimate of drug-likeness (QED) is 0.253. The minimum Gasteiger partial charge on any atom is -0.497 e. The van der Waals surface area contributed by atoms with Crippen LogP contribution in [0.1, 0.15) is 57.8 Å². The summed E-state index contributed by atoms with van der Waals surface area (Å²) in [4.78, 5) is 5.71. The average molecular weight is 481 g/mol. The number of anilines is 1. The molecule has 0 spiro atoms. The van der Waals surface area contributed by atoms with Crippen LogP contribution in [0.2, 0.25) is 0 Å². The van der Waals surface area contributed by atoms with Gasteiger partial charge in [0.1, 0.15) is 11.5 Å². The van der Waals surface area contributed by atoms with Crippen molar-refractivity contribution in [1.82, 2.24) is 4.98 Å².